The van der Waals surface area contributed by atoms with E-state index in [9.17, 15) is 14.4 Å². The van der Waals surface area contributed by atoms with Crippen LogP contribution < -0.4 is 10.1 Å². The van der Waals surface area contributed by atoms with Gasteiger partial charge in [0.2, 0.25) is 5.91 Å². The number of carbonyl (C=O) groups excluding carboxylic acids is 3. The molecule has 0 spiro atoms. The number of ether oxygens (including phenoxy) is 1. The van der Waals surface area contributed by atoms with Crippen molar-refractivity contribution in [3.8, 4) is 5.75 Å². The lowest BCUT2D eigenvalue weighted by Crippen LogP contribution is -2.42. The number of rotatable bonds is 7. The van der Waals surface area contributed by atoms with Gasteiger partial charge in [0, 0.05) is 18.7 Å². The highest BCUT2D eigenvalue weighted by Crippen LogP contribution is 2.10. The number of benzene rings is 1. The van der Waals surface area contributed by atoms with E-state index in [4.69, 9.17) is 4.74 Å². The molecule has 0 fully saturated rings. The Morgan fingerprint density at radius 3 is 2.43 bits per heavy atom. The summed E-state index contributed by atoms with van der Waals surface area (Å²) in [7, 11) is 1.54. The fourth-order valence-electron chi connectivity index (χ4n) is 1.57. The Labute approximate surface area is 124 Å². The first-order valence-corrected chi connectivity index (χ1v) is 6.63. The van der Waals surface area contributed by atoms with Crippen LogP contribution in [0, 0.1) is 0 Å². The average molecular weight is 292 g/mol. The second-order valence-corrected chi connectivity index (χ2v) is 4.95. The molecule has 114 valence electrons. The van der Waals surface area contributed by atoms with Crippen LogP contribution in [0.15, 0.2) is 24.3 Å². The van der Waals surface area contributed by atoms with Gasteiger partial charge in [0.25, 0.3) is 5.91 Å². The molecule has 0 radical (unpaired) electrons. The van der Waals surface area contributed by atoms with Gasteiger partial charge in [0.15, 0.2) is 6.61 Å². The molecule has 2 amide bonds. The maximum absolute atomic E-state index is 11.8. The van der Waals surface area contributed by atoms with E-state index in [1.165, 1.54) is 4.90 Å². The molecule has 6 nitrogen and oxygen atoms in total. The number of hydrogen-bond donors (Lipinski definition) is 1. The Morgan fingerprint density at radius 2 is 1.90 bits per heavy atom. The molecule has 1 rings (SSSR count). The largest absolute Gasteiger partial charge is 0.484 e. The van der Waals surface area contributed by atoms with Crippen molar-refractivity contribution in [2.24, 2.45) is 0 Å². The number of nitrogens with one attached hydrogen (secondary N) is 1. The van der Waals surface area contributed by atoms with Crippen molar-refractivity contribution in [2.75, 3.05) is 20.2 Å². The predicted molar refractivity (Wildman–Crippen MR) is 78.2 cm³/mol. The minimum Gasteiger partial charge on any atom is -0.484 e. The molecule has 0 aliphatic rings. The van der Waals surface area contributed by atoms with Gasteiger partial charge in [-0.25, -0.2) is 0 Å². The molecule has 0 aliphatic carbocycles. The summed E-state index contributed by atoms with van der Waals surface area (Å²) in [6.07, 6.45) is 0.732. The SMILES string of the molecule is CC(C)NC(=O)CN(C)C(=O)COc1ccc(C=O)cc1. The molecule has 1 aromatic rings. The monoisotopic (exact) mass is 292 g/mol. The van der Waals surface area contributed by atoms with Crippen molar-refractivity contribution in [1.82, 2.24) is 10.2 Å². The van der Waals surface area contributed by atoms with Crippen LogP contribution in [0.2, 0.25) is 0 Å². The number of nitrogens with zero attached hydrogens (tertiary/aromatic N) is 1. The quantitative estimate of drug-likeness (QED) is 0.756. The van der Waals surface area contributed by atoms with E-state index in [1.807, 2.05) is 13.8 Å². The molecular formula is C15H20N2O4. The van der Waals surface area contributed by atoms with Gasteiger partial charge in [0.1, 0.15) is 12.0 Å². The number of carbonyl (C=O) groups is 3. The van der Waals surface area contributed by atoms with Crippen LogP contribution in [0.1, 0.15) is 24.2 Å². The van der Waals surface area contributed by atoms with Gasteiger partial charge in [-0.2, -0.15) is 0 Å². The lowest BCUT2D eigenvalue weighted by atomic mass is 10.2. The highest BCUT2D eigenvalue weighted by Gasteiger charge is 2.14. The summed E-state index contributed by atoms with van der Waals surface area (Å²) in [4.78, 5) is 35.2. The topological polar surface area (TPSA) is 75.7 Å². The maximum atomic E-state index is 11.8. The summed E-state index contributed by atoms with van der Waals surface area (Å²) in [6, 6.07) is 6.47. The Bertz CT molecular complexity index is 497. The smallest absolute Gasteiger partial charge is 0.260 e. The van der Waals surface area contributed by atoms with Crippen molar-refractivity contribution in [3.05, 3.63) is 29.8 Å². The molecule has 0 aliphatic heterocycles. The third kappa shape index (κ3) is 6.07. The molecule has 0 bridgehead atoms. The van der Waals surface area contributed by atoms with Crippen LogP contribution in [-0.2, 0) is 9.59 Å². The summed E-state index contributed by atoms with van der Waals surface area (Å²) in [5, 5.41) is 2.71. The minimum absolute atomic E-state index is 0.00947. The lowest BCUT2D eigenvalue weighted by molar-refractivity contribution is -0.136. The lowest BCUT2D eigenvalue weighted by Gasteiger charge is -2.18. The Balaban J connectivity index is 2.41. The van der Waals surface area contributed by atoms with Gasteiger partial charge >= 0.3 is 0 Å². The third-order valence-corrected chi connectivity index (χ3v) is 2.63. The van der Waals surface area contributed by atoms with Gasteiger partial charge in [0.05, 0.1) is 6.54 Å². The summed E-state index contributed by atoms with van der Waals surface area (Å²) < 4.78 is 5.31. The van der Waals surface area contributed by atoms with Gasteiger partial charge in [-0.1, -0.05) is 0 Å². The summed E-state index contributed by atoms with van der Waals surface area (Å²) in [5.74, 6) is -0.0152. The number of amides is 2. The number of hydrogen-bond acceptors (Lipinski definition) is 4. The van der Waals surface area contributed by atoms with Crippen LogP contribution in [0.4, 0.5) is 0 Å². The Morgan fingerprint density at radius 1 is 1.29 bits per heavy atom. The minimum atomic E-state index is -0.298. The van der Waals surface area contributed by atoms with E-state index in [2.05, 4.69) is 5.32 Å². The highest BCUT2D eigenvalue weighted by atomic mass is 16.5. The molecule has 0 heterocycles. The third-order valence-electron chi connectivity index (χ3n) is 2.63. The average Bonchev–Trinajstić information content (AvgIpc) is 2.44. The molecule has 6 heteroatoms. The van der Waals surface area contributed by atoms with Gasteiger partial charge in [-0.15, -0.1) is 0 Å². The fraction of sp³-hybridized carbons (Fsp3) is 0.400. The standard InChI is InChI=1S/C15H20N2O4/c1-11(2)16-14(19)8-17(3)15(20)10-21-13-6-4-12(9-18)5-7-13/h4-7,9,11H,8,10H2,1-3H3,(H,16,19). The summed E-state index contributed by atoms with van der Waals surface area (Å²) in [6.45, 7) is 3.54. The van der Waals surface area contributed by atoms with E-state index in [1.54, 1.807) is 31.3 Å². The molecule has 0 unspecified atom stereocenters. The van der Waals surface area contributed by atoms with Gasteiger partial charge in [-0.3, -0.25) is 14.4 Å². The summed E-state index contributed by atoms with van der Waals surface area (Å²) in [5.41, 5.74) is 0.538. The number of likely N-dealkylation sites (N-methyl/N-ethyl adjacent to an activating group) is 1. The first-order chi connectivity index (χ1) is 9.92. The van der Waals surface area contributed by atoms with Gasteiger partial charge in [-0.05, 0) is 38.1 Å². The van der Waals surface area contributed by atoms with E-state index >= 15 is 0 Å². The zero-order valence-electron chi connectivity index (χ0n) is 12.5. The van der Waals surface area contributed by atoms with Crippen molar-refractivity contribution in [2.45, 2.75) is 19.9 Å². The first kappa shape index (κ1) is 16.7. The van der Waals surface area contributed by atoms with Crippen molar-refractivity contribution in [1.29, 1.82) is 0 Å². The van der Waals surface area contributed by atoms with E-state index in [0.29, 0.717) is 11.3 Å². The van der Waals surface area contributed by atoms with E-state index < -0.39 is 0 Å². The van der Waals surface area contributed by atoms with Crippen molar-refractivity contribution >= 4 is 18.1 Å². The van der Waals surface area contributed by atoms with Crippen LogP contribution in [0.5, 0.6) is 5.75 Å². The Kier molecular flexibility index (Phi) is 6.39. The van der Waals surface area contributed by atoms with E-state index in [-0.39, 0.29) is 31.0 Å². The zero-order chi connectivity index (χ0) is 15.8. The molecule has 1 aromatic carbocycles. The normalized spacial score (nSPS) is 10.1. The molecular weight excluding hydrogens is 272 g/mol. The van der Waals surface area contributed by atoms with Crippen LogP contribution in [-0.4, -0.2) is 49.2 Å². The van der Waals surface area contributed by atoms with Crippen molar-refractivity contribution < 1.29 is 19.1 Å². The van der Waals surface area contributed by atoms with Crippen molar-refractivity contribution in [3.63, 3.8) is 0 Å². The highest BCUT2D eigenvalue weighted by molar-refractivity contribution is 5.85. The molecule has 0 saturated heterocycles. The second-order valence-electron chi connectivity index (χ2n) is 4.95. The molecule has 0 saturated carbocycles. The van der Waals surface area contributed by atoms with Crippen LogP contribution in [0.3, 0.4) is 0 Å². The zero-order valence-corrected chi connectivity index (χ0v) is 12.5. The van der Waals surface area contributed by atoms with E-state index in [0.717, 1.165) is 6.29 Å². The first-order valence-electron chi connectivity index (χ1n) is 6.63. The van der Waals surface area contributed by atoms with Gasteiger partial charge < -0.3 is 15.0 Å². The molecule has 21 heavy (non-hydrogen) atoms. The predicted octanol–water partition coefficient (Wildman–Crippen LogP) is 0.861. The Hall–Kier alpha value is -2.37. The summed E-state index contributed by atoms with van der Waals surface area (Å²) >= 11 is 0. The fourth-order valence-corrected chi connectivity index (χ4v) is 1.57. The maximum Gasteiger partial charge on any atom is 0.260 e. The molecule has 0 aromatic heterocycles. The second kappa shape index (κ2) is 8.04. The van der Waals surface area contributed by atoms with Crippen LogP contribution in [0.25, 0.3) is 0 Å². The molecule has 0 atom stereocenters. The molecule has 1 N–H and O–H groups in total. The number of aldehydes is 1. The van der Waals surface area contributed by atoms with Crippen LogP contribution >= 0.6 is 0 Å².